The highest BCUT2D eigenvalue weighted by atomic mass is 16.5. The number of fused-ring (bicyclic) bond motifs is 7. The molecule has 5 heterocycles. The number of carbonyl (C=O) groups is 3. The average molecular weight is 595 g/mol. The number of hydrogen-bond donors (Lipinski definition) is 2. The minimum Gasteiger partial charge on any atom is -0.493 e. The molecule has 12 nitrogen and oxygen atoms in total. The van der Waals surface area contributed by atoms with E-state index in [1.54, 1.807) is 41.6 Å². The molecule has 3 aliphatic heterocycles. The molecule has 3 aliphatic rings. The van der Waals surface area contributed by atoms with Crippen LogP contribution in [0.2, 0.25) is 0 Å². The van der Waals surface area contributed by atoms with Gasteiger partial charge < -0.3 is 29.7 Å². The molecule has 3 amide bonds. The number of methoxy groups -OCH3 is 1. The molecule has 12 heteroatoms. The zero-order valence-corrected chi connectivity index (χ0v) is 23.9. The van der Waals surface area contributed by atoms with E-state index in [2.05, 4.69) is 25.6 Å². The third kappa shape index (κ3) is 6.43. The van der Waals surface area contributed by atoms with Gasteiger partial charge in [-0.15, -0.1) is 0 Å². The number of carbonyl (C=O) groups excluding carboxylic acids is 3. The van der Waals surface area contributed by atoms with Crippen molar-refractivity contribution in [1.82, 2.24) is 30.5 Å². The minimum atomic E-state index is -0.540. The van der Waals surface area contributed by atoms with Crippen LogP contribution in [0.25, 0.3) is 11.4 Å². The zero-order valence-electron chi connectivity index (χ0n) is 23.9. The fourth-order valence-corrected chi connectivity index (χ4v) is 5.10. The highest BCUT2D eigenvalue weighted by Crippen LogP contribution is 2.29. The molecule has 224 valence electrons. The molecule has 0 aliphatic carbocycles. The van der Waals surface area contributed by atoms with Crippen LogP contribution < -0.4 is 24.8 Å². The van der Waals surface area contributed by atoms with Gasteiger partial charge in [0.1, 0.15) is 11.9 Å². The van der Waals surface area contributed by atoms with Gasteiger partial charge in [0, 0.05) is 62.0 Å². The number of benzene rings is 2. The van der Waals surface area contributed by atoms with Crippen molar-refractivity contribution in [2.24, 2.45) is 0 Å². The molecular formula is C32H30N6O6. The van der Waals surface area contributed by atoms with Crippen molar-refractivity contribution in [2.45, 2.75) is 25.1 Å². The number of aromatic nitrogens is 3. The summed E-state index contributed by atoms with van der Waals surface area (Å²) >= 11 is 0. The fourth-order valence-electron chi connectivity index (χ4n) is 5.10. The Kier molecular flexibility index (Phi) is 8.30. The Morgan fingerprint density at radius 2 is 1.77 bits per heavy atom. The van der Waals surface area contributed by atoms with E-state index in [4.69, 9.17) is 14.2 Å². The van der Waals surface area contributed by atoms with E-state index in [9.17, 15) is 14.4 Å². The van der Waals surface area contributed by atoms with E-state index in [0.717, 1.165) is 11.1 Å². The van der Waals surface area contributed by atoms with Crippen LogP contribution in [-0.2, 0) is 11.3 Å². The lowest BCUT2D eigenvalue weighted by molar-refractivity contribution is -0.123. The largest absolute Gasteiger partial charge is 0.493 e. The monoisotopic (exact) mass is 594 g/mol. The normalized spacial score (nSPS) is 18.5. The van der Waals surface area contributed by atoms with Crippen LogP contribution in [0, 0.1) is 0 Å². The van der Waals surface area contributed by atoms with Gasteiger partial charge in [-0.1, -0.05) is 12.1 Å². The lowest BCUT2D eigenvalue weighted by atomic mass is 10.00. The van der Waals surface area contributed by atoms with Crippen molar-refractivity contribution in [3.8, 4) is 28.6 Å². The number of piperidine rings is 1. The van der Waals surface area contributed by atoms with Crippen molar-refractivity contribution in [3.05, 3.63) is 96.1 Å². The Labute approximate surface area is 253 Å². The van der Waals surface area contributed by atoms with Crippen LogP contribution in [0.5, 0.6) is 17.2 Å². The van der Waals surface area contributed by atoms with Crippen LogP contribution in [0.3, 0.4) is 0 Å². The molecule has 1 saturated heterocycles. The number of amides is 3. The van der Waals surface area contributed by atoms with Gasteiger partial charge in [-0.25, -0.2) is 9.97 Å². The maximum absolute atomic E-state index is 13.5. The molecule has 44 heavy (non-hydrogen) atoms. The lowest BCUT2D eigenvalue weighted by Crippen LogP contribution is -2.58. The smallest absolute Gasteiger partial charge is 0.258 e. The number of nitrogens with zero attached hydrogens (tertiary/aromatic N) is 4. The Bertz CT molecular complexity index is 1650. The summed E-state index contributed by atoms with van der Waals surface area (Å²) in [4.78, 5) is 53.9. The highest BCUT2D eigenvalue weighted by Gasteiger charge is 2.35. The van der Waals surface area contributed by atoms with Gasteiger partial charge in [0.05, 0.1) is 18.7 Å². The molecule has 0 saturated carbocycles. The predicted octanol–water partition coefficient (Wildman–Crippen LogP) is 2.65. The topological polar surface area (TPSA) is 145 Å². The first-order chi connectivity index (χ1) is 21.5. The zero-order chi connectivity index (χ0) is 30.5. The van der Waals surface area contributed by atoms with Gasteiger partial charge in [-0.3, -0.25) is 19.4 Å². The maximum atomic E-state index is 13.5. The SMILES string of the molecule is COc1ccc2cc1OCC(=O)NCc1ccc(cc1)O[C@@H]1CCN(C(=O)c3cnc(-c4ccncc4)nc3)C[C@@H]1NC2=O. The second-order valence-corrected chi connectivity index (χ2v) is 10.4. The number of pyridine rings is 1. The van der Waals surface area contributed by atoms with Crippen LogP contribution in [0.15, 0.2) is 79.4 Å². The van der Waals surface area contributed by atoms with Crippen molar-refractivity contribution >= 4 is 17.7 Å². The van der Waals surface area contributed by atoms with Crippen LogP contribution in [-0.4, -0.2) is 76.5 Å². The number of nitrogens with one attached hydrogen (secondary N) is 2. The van der Waals surface area contributed by atoms with Gasteiger partial charge in [-0.2, -0.15) is 0 Å². The first-order valence-corrected chi connectivity index (χ1v) is 14.1. The average Bonchev–Trinajstić information content (AvgIpc) is 3.07. The van der Waals surface area contributed by atoms with E-state index in [0.29, 0.717) is 48.0 Å². The number of ether oxygens (including phenoxy) is 3. The first-order valence-electron chi connectivity index (χ1n) is 14.1. The van der Waals surface area contributed by atoms with E-state index >= 15 is 0 Å². The Morgan fingerprint density at radius 1 is 1.00 bits per heavy atom. The molecular weight excluding hydrogens is 564 g/mol. The maximum Gasteiger partial charge on any atom is 0.258 e. The van der Waals surface area contributed by atoms with Gasteiger partial charge >= 0.3 is 0 Å². The summed E-state index contributed by atoms with van der Waals surface area (Å²) in [5, 5.41) is 5.87. The summed E-state index contributed by atoms with van der Waals surface area (Å²) in [5.74, 6) is 0.792. The lowest BCUT2D eigenvalue weighted by Gasteiger charge is -2.38. The Hall–Kier alpha value is -5.52. The fraction of sp³-hybridized carbons (Fsp3) is 0.250. The summed E-state index contributed by atoms with van der Waals surface area (Å²) in [6.45, 7) is 0.678. The molecule has 7 rings (SSSR count). The van der Waals surface area contributed by atoms with Gasteiger partial charge in [-0.05, 0) is 48.0 Å². The number of rotatable bonds is 3. The van der Waals surface area contributed by atoms with Crippen molar-refractivity contribution in [1.29, 1.82) is 0 Å². The summed E-state index contributed by atoms with van der Waals surface area (Å²) < 4.78 is 17.4. The molecule has 4 aromatic rings. The van der Waals surface area contributed by atoms with Crippen molar-refractivity contribution < 1.29 is 28.6 Å². The highest BCUT2D eigenvalue weighted by molar-refractivity contribution is 5.96. The summed E-state index contributed by atoms with van der Waals surface area (Å²) in [5.41, 5.74) is 2.33. The molecule has 2 atom stereocenters. The molecule has 0 unspecified atom stereocenters. The minimum absolute atomic E-state index is 0.206. The van der Waals surface area contributed by atoms with Gasteiger partial charge in [0.2, 0.25) is 0 Å². The third-order valence-corrected chi connectivity index (χ3v) is 7.48. The van der Waals surface area contributed by atoms with E-state index < -0.39 is 12.1 Å². The summed E-state index contributed by atoms with van der Waals surface area (Å²) in [6, 6.07) is 15.2. The van der Waals surface area contributed by atoms with Crippen LogP contribution >= 0.6 is 0 Å². The number of hydrogen-bond acceptors (Lipinski definition) is 9. The molecule has 4 bridgehead atoms. The summed E-state index contributed by atoms with van der Waals surface area (Å²) in [6.07, 6.45) is 6.38. The van der Waals surface area contributed by atoms with Gasteiger partial charge in [0.15, 0.2) is 23.9 Å². The van der Waals surface area contributed by atoms with Crippen LogP contribution in [0.4, 0.5) is 0 Å². The molecule has 0 spiro atoms. The quantitative estimate of drug-likeness (QED) is 0.366. The Balaban J connectivity index is 1.25. The van der Waals surface area contributed by atoms with E-state index in [-0.39, 0.29) is 36.6 Å². The van der Waals surface area contributed by atoms with Crippen molar-refractivity contribution in [3.63, 3.8) is 0 Å². The molecule has 1 fully saturated rings. The standard InChI is InChI=1S/C32H30N6O6/c1-42-27-7-4-22-14-28(27)43-19-29(39)34-15-20-2-5-24(6-3-20)44-26-10-13-38(18-25(26)37-31(22)40)32(41)23-16-35-30(36-17-23)21-8-11-33-12-9-21/h2-9,11-12,14,16-17,25-26H,10,13,15,18-19H2,1H3,(H,34,39)(H,37,40)/t25-,26+/m0/s1. The van der Waals surface area contributed by atoms with Gasteiger partial charge in [0.25, 0.3) is 17.7 Å². The second kappa shape index (κ2) is 12.8. The van der Waals surface area contributed by atoms with E-state index in [1.807, 2.05) is 24.3 Å². The molecule has 2 aromatic carbocycles. The first kappa shape index (κ1) is 28.6. The molecule has 0 radical (unpaired) electrons. The molecule has 2 aromatic heterocycles. The third-order valence-electron chi connectivity index (χ3n) is 7.48. The van der Waals surface area contributed by atoms with Crippen LogP contribution in [0.1, 0.15) is 32.7 Å². The second-order valence-electron chi connectivity index (χ2n) is 10.4. The number of likely N-dealkylation sites (tertiary alicyclic amines) is 1. The molecule has 2 N–H and O–H groups in total. The van der Waals surface area contributed by atoms with E-state index in [1.165, 1.54) is 25.6 Å². The van der Waals surface area contributed by atoms with Crippen molar-refractivity contribution in [2.75, 3.05) is 26.8 Å². The summed E-state index contributed by atoms with van der Waals surface area (Å²) in [7, 11) is 1.48. The Morgan fingerprint density at radius 3 is 2.52 bits per heavy atom. The predicted molar refractivity (Wildman–Crippen MR) is 158 cm³/mol.